The smallest absolute Gasteiger partial charge is 0.242 e. The highest BCUT2D eigenvalue weighted by Gasteiger charge is 2.44. The molecule has 0 aliphatic carbocycles. The molecule has 0 aromatic heterocycles. The topological polar surface area (TPSA) is 60.9 Å². The Morgan fingerprint density at radius 3 is 2.40 bits per heavy atom. The Morgan fingerprint density at radius 2 is 1.90 bits per heavy atom. The van der Waals surface area contributed by atoms with Crippen LogP contribution >= 0.6 is 15.9 Å². The molecule has 20 heavy (non-hydrogen) atoms. The first-order valence-corrected chi connectivity index (χ1v) is 7.09. The Balaban J connectivity index is 1.94. The average Bonchev–Trinajstić information content (AvgIpc) is 2.35. The van der Waals surface area contributed by atoms with E-state index in [2.05, 4.69) is 15.9 Å². The van der Waals surface area contributed by atoms with Crippen molar-refractivity contribution >= 4 is 27.7 Å². The number of likely N-dealkylation sites (tertiary alicyclic amines) is 1. The second-order valence-corrected chi connectivity index (χ2v) is 6.08. The largest absolute Gasteiger partial charge is 0.381 e. The minimum absolute atomic E-state index is 0.0474. The molecule has 1 N–H and O–H groups in total. The summed E-state index contributed by atoms with van der Waals surface area (Å²) in [5, 5.41) is 10.4. The number of aliphatic hydroxyl groups is 1. The van der Waals surface area contributed by atoms with Crippen LogP contribution in [0.4, 0.5) is 0 Å². The number of carbonyl (C=O) groups excluding carboxylic acids is 2. The van der Waals surface area contributed by atoms with Crippen molar-refractivity contribution in [3.63, 3.8) is 0 Å². The van der Waals surface area contributed by atoms with Gasteiger partial charge in [-0.05, 0) is 17.7 Å². The van der Waals surface area contributed by atoms with Crippen molar-refractivity contribution < 1.29 is 14.7 Å². The number of hydrogen-bond donors (Lipinski definition) is 1. The molecule has 1 aromatic rings. The van der Waals surface area contributed by atoms with Crippen LogP contribution in [0.25, 0.3) is 0 Å². The maximum absolute atomic E-state index is 11.9. The molecular formula is C14H17BrN2O3. The van der Waals surface area contributed by atoms with E-state index in [1.165, 1.54) is 11.8 Å². The van der Waals surface area contributed by atoms with Gasteiger partial charge in [0, 0.05) is 18.4 Å². The molecule has 1 aliphatic heterocycles. The van der Waals surface area contributed by atoms with Crippen LogP contribution in [0.2, 0.25) is 0 Å². The predicted molar refractivity (Wildman–Crippen MR) is 77.9 cm³/mol. The Kier molecular flexibility index (Phi) is 4.15. The van der Waals surface area contributed by atoms with Crippen LogP contribution in [0.15, 0.2) is 28.7 Å². The highest BCUT2D eigenvalue weighted by Crippen LogP contribution is 2.32. The SMILES string of the molecule is CC(=O)N(C)CC(=O)N1CC(O)(c2ccc(Br)cc2)C1. The number of hydrogen-bond acceptors (Lipinski definition) is 3. The van der Waals surface area contributed by atoms with Crippen molar-refractivity contribution in [2.75, 3.05) is 26.7 Å². The first-order valence-electron chi connectivity index (χ1n) is 6.30. The minimum Gasteiger partial charge on any atom is -0.381 e. The number of nitrogens with zero attached hydrogens (tertiary/aromatic N) is 2. The van der Waals surface area contributed by atoms with Crippen LogP contribution in [0.3, 0.4) is 0 Å². The molecule has 1 fully saturated rings. The first-order chi connectivity index (χ1) is 9.32. The third kappa shape index (κ3) is 3.02. The molecule has 1 heterocycles. The van der Waals surface area contributed by atoms with Crippen LogP contribution in [0, 0.1) is 0 Å². The molecule has 0 radical (unpaired) electrons. The van der Waals surface area contributed by atoms with Crippen molar-refractivity contribution in [1.82, 2.24) is 9.80 Å². The number of amides is 2. The lowest BCUT2D eigenvalue weighted by atomic mass is 9.86. The highest BCUT2D eigenvalue weighted by atomic mass is 79.9. The molecule has 0 unspecified atom stereocenters. The second-order valence-electron chi connectivity index (χ2n) is 5.16. The van der Waals surface area contributed by atoms with E-state index in [-0.39, 0.29) is 31.4 Å². The fourth-order valence-corrected chi connectivity index (χ4v) is 2.38. The zero-order valence-corrected chi connectivity index (χ0v) is 13.1. The van der Waals surface area contributed by atoms with Gasteiger partial charge >= 0.3 is 0 Å². The number of carbonyl (C=O) groups is 2. The van der Waals surface area contributed by atoms with Gasteiger partial charge in [-0.3, -0.25) is 9.59 Å². The number of likely N-dealkylation sites (N-methyl/N-ethyl adjacent to an activating group) is 1. The molecule has 108 valence electrons. The molecule has 1 aromatic carbocycles. The summed E-state index contributed by atoms with van der Waals surface area (Å²) < 4.78 is 0.945. The predicted octanol–water partition coefficient (Wildman–Crippen LogP) is 0.957. The van der Waals surface area contributed by atoms with E-state index in [0.717, 1.165) is 10.0 Å². The van der Waals surface area contributed by atoms with Gasteiger partial charge in [0.25, 0.3) is 0 Å². The van der Waals surface area contributed by atoms with Crippen molar-refractivity contribution in [2.45, 2.75) is 12.5 Å². The Bertz CT molecular complexity index is 524. The standard InChI is InChI=1S/C14H17BrN2O3/c1-10(18)16(2)7-13(19)17-8-14(20,9-17)11-3-5-12(15)6-4-11/h3-6,20H,7-9H2,1-2H3. The zero-order valence-electron chi connectivity index (χ0n) is 11.5. The molecule has 2 amide bonds. The molecule has 2 rings (SSSR count). The first kappa shape index (κ1) is 15.0. The number of β-amino-alcohol motifs (C(OH)–C–C–N with tert-alkyl or cyclic N) is 1. The zero-order chi connectivity index (χ0) is 14.9. The molecule has 0 saturated carbocycles. The third-order valence-electron chi connectivity index (χ3n) is 3.55. The monoisotopic (exact) mass is 340 g/mol. The Labute approximate surface area is 126 Å². The fraction of sp³-hybridized carbons (Fsp3) is 0.429. The summed E-state index contributed by atoms with van der Waals surface area (Å²) >= 11 is 3.34. The highest BCUT2D eigenvalue weighted by molar-refractivity contribution is 9.10. The van der Waals surface area contributed by atoms with Crippen LogP contribution in [0.1, 0.15) is 12.5 Å². The van der Waals surface area contributed by atoms with E-state index in [1.54, 1.807) is 11.9 Å². The van der Waals surface area contributed by atoms with E-state index < -0.39 is 5.60 Å². The molecule has 6 heteroatoms. The van der Waals surface area contributed by atoms with Crippen molar-refractivity contribution in [3.05, 3.63) is 34.3 Å². The summed E-state index contributed by atoms with van der Waals surface area (Å²) in [7, 11) is 1.58. The summed E-state index contributed by atoms with van der Waals surface area (Å²) in [6.45, 7) is 1.99. The van der Waals surface area contributed by atoms with E-state index in [4.69, 9.17) is 0 Å². The quantitative estimate of drug-likeness (QED) is 0.891. The maximum atomic E-state index is 11.9. The molecular weight excluding hydrogens is 324 g/mol. The van der Waals surface area contributed by atoms with Gasteiger partial charge in [-0.2, -0.15) is 0 Å². The maximum Gasteiger partial charge on any atom is 0.242 e. The van der Waals surface area contributed by atoms with E-state index >= 15 is 0 Å². The molecule has 1 saturated heterocycles. The number of halogens is 1. The number of benzene rings is 1. The van der Waals surface area contributed by atoms with Gasteiger partial charge in [0.1, 0.15) is 5.60 Å². The third-order valence-corrected chi connectivity index (χ3v) is 4.08. The van der Waals surface area contributed by atoms with Crippen molar-refractivity contribution in [1.29, 1.82) is 0 Å². The summed E-state index contributed by atoms with van der Waals surface area (Å²) in [4.78, 5) is 25.9. The second kappa shape index (κ2) is 5.54. The van der Waals surface area contributed by atoms with Crippen LogP contribution in [0.5, 0.6) is 0 Å². The van der Waals surface area contributed by atoms with Gasteiger partial charge in [0.15, 0.2) is 0 Å². The average molecular weight is 341 g/mol. The Morgan fingerprint density at radius 1 is 1.35 bits per heavy atom. The summed E-state index contributed by atoms with van der Waals surface area (Å²) in [6, 6.07) is 7.41. The van der Waals surface area contributed by atoms with Gasteiger partial charge in [0.05, 0.1) is 19.6 Å². The normalized spacial score (nSPS) is 16.5. The molecule has 0 atom stereocenters. The van der Waals surface area contributed by atoms with Crippen molar-refractivity contribution in [2.24, 2.45) is 0 Å². The Hall–Kier alpha value is -1.40. The molecule has 1 aliphatic rings. The van der Waals surface area contributed by atoms with Crippen LogP contribution < -0.4 is 0 Å². The van der Waals surface area contributed by atoms with Crippen LogP contribution in [-0.4, -0.2) is 53.4 Å². The molecule has 0 bridgehead atoms. The van der Waals surface area contributed by atoms with Gasteiger partial charge < -0.3 is 14.9 Å². The van der Waals surface area contributed by atoms with Gasteiger partial charge in [-0.25, -0.2) is 0 Å². The van der Waals surface area contributed by atoms with Gasteiger partial charge in [-0.1, -0.05) is 28.1 Å². The van der Waals surface area contributed by atoms with Crippen molar-refractivity contribution in [3.8, 4) is 0 Å². The van der Waals surface area contributed by atoms with E-state index in [0.29, 0.717) is 0 Å². The summed E-state index contributed by atoms with van der Waals surface area (Å²) in [5.74, 6) is -0.300. The molecule has 0 spiro atoms. The lowest BCUT2D eigenvalue weighted by Gasteiger charge is -2.47. The fourth-order valence-electron chi connectivity index (χ4n) is 2.12. The molecule has 5 nitrogen and oxygen atoms in total. The minimum atomic E-state index is -0.981. The van der Waals surface area contributed by atoms with Gasteiger partial charge in [-0.15, -0.1) is 0 Å². The van der Waals surface area contributed by atoms with E-state index in [9.17, 15) is 14.7 Å². The van der Waals surface area contributed by atoms with Crippen LogP contribution in [-0.2, 0) is 15.2 Å². The lowest BCUT2D eigenvalue weighted by Crippen LogP contribution is -2.62. The summed E-state index contributed by atoms with van der Waals surface area (Å²) in [6.07, 6.45) is 0. The van der Waals surface area contributed by atoms with E-state index in [1.807, 2.05) is 24.3 Å². The van der Waals surface area contributed by atoms with Gasteiger partial charge in [0.2, 0.25) is 11.8 Å². The number of rotatable bonds is 3. The lowest BCUT2D eigenvalue weighted by molar-refractivity contribution is -0.159. The summed E-state index contributed by atoms with van der Waals surface area (Å²) in [5.41, 5.74) is -0.185.